The van der Waals surface area contributed by atoms with Gasteiger partial charge in [-0.15, -0.1) is 11.3 Å². The van der Waals surface area contributed by atoms with Gasteiger partial charge in [-0.05, 0) is 81.1 Å². The molecule has 6 heteroatoms. The highest BCUT2D eigenvalue weighted by Gasteiger charge is 2.18. The van der Waals surface area contributed by atoms with Crippen LogP contribution < -0.4 is 4.74 Å². The van der Waals surface area contributed by atoms with E-state index >= 15 is 0 Å². The monoisotopic (exact) mass is 476 g/mol. The summed E-state index contributed by atoms with van der Waals surface area (Å²) in [6, 6.07) is 9.88. The number of ether oxygens (including phenoxy) is 2. The van der Waals surface area contributed by atoms with Gasteiger partial charge in [0.25, 0.3) is 0 Å². The van der Waals surface area contributed by atoms with E-state index in [1.807, 2.05) is 24.3 Å². The van der Waals surface area contributed by atoms with E-state index in [1.165, 1.54) is 0 Å². The van der Waals surface area contributed by atoms with Gasteiger partial charge in [0, 0.05) is 26.8 Å². The molecule has 2 nitrogen and oxygen atoms in total. The molecule has 1 fully saturated rings. The second-order valence-electron chi connectivity index (χ2n) is 5.19. The van der Waals surface area contributed by atoms with Gasteiger partial charge in [0.05, 0.1) is 10.00 Å². The van der Waals surface area contributed by atoms with Gasteiger partial charge >= 0.3 is 0 Å². The largest absolute Gasteiger partial charge is 0.464 e. The van der Waals surface area contributed by atoms with Crippen molar-refractivity contribution in [2.75, 3.05) is 6.61 Å². The first-order valence-corrected chi connectivity index (χ1v) is 10.1. The molecule has 0 N–H and O–H groups in total. The van der Waals surface area contributed by atoms with Crippen molar-refractivity contribution < 1.29 is 9.47 Å². The van der Waals surface area contributed by atoms with Crippen LogP contribution in [-0.4, -0.2) is 12.9 Å². The average Bonchev–Trinajstić information content (AvgIpc) is 2.97. The Morgan fingerprint density at radius 2 is 2.13 bits per heavy atom. The quantitative estimate of drug-likeness (QED) is 0.468. The van der Waals surface area contributed by atoms with Crippen LogP contribution in [0.5, 0.6) is 5.75 Å². The fourth-order valence-electron chi connectivity index (χ4n) is 2.43. The second-order valence-corrected chi connectivity index (χ2v) is 9.52. The predicted octanol–water partition coefficient (Wildman–Crippen LogP) is 7.06. The lowest BCUT2D eigenvalue weighted by Crippen LogP contribution is -2.25. The Labute approximate surface area is 161 Å². The normalized spacial score (nSPS) is 17.8. The molecule has 1 aliphatic rings. The van der Waals surface area contributed by atoms with Gasteiger partial charge in [-0.25, -0.2) is 0 Å². The molecule has 3 rings (SSSR count). The van der Waals surface area contributed by atoms with Crippen LogP contribution in [-0.2, 0) is 4.74 Å². The number of hydrogen-bond acceptors (Lipinski definition) is 3. The van der Waals surface area contributed by atoms with Crippen LogP contribution in [0.2, 0.25) is 5.02 Å². The van der Waals surface area contributed by atoms with Gasteiger partial charge in [0.15, 0.2) is 6.29 Å². The zero-order valence-corrected chi connectivity index (χ0v) is 17.0. The van der Waals surface area contributed by atoms with Crippen molar-refractivity contribution in [2.24, 2.45) is 0 Å². The lowest BCUT2D eigenvalue weighted by atomic mass is 10.1. The van der Waals surface area contributed by atoms with E-state index in [0.717, 1.165) is 50.3 Å². The van der Waals surface area contributed by atoms with Crippen LogP contribution in [0.15, 0.2) is 33.7 Å². The summed E-state index contributed by atoms with van der Waals surface area (Å²) in [5, 5.41) is 0.698. The Kier molecular flexibility index (Phi) is 6.21. The van der Waals surface area contributed by atoms with Crippen molar-refractivity contribution in [3.05, 3.63) is 43.6 Å². The molecule has 1 saturated heterocycles. The first-order valence-electron chi connectivity index (χ1n) is 7.32. The summed E-state index contributed by atoms with van der Waals surface area (Å²) in [6.45, 7) is 0.765. The van der Waals surface area contributed by atoms with Crippen molar-refractivity contribution >= 4 is 60.9 Å². The number of hydrogen-bond donors (Lipinski definition) is 0. The Bertz CT molecular complexity index is 704. The summed E-state index contributed by atoms with van der Waals surface area (Å²) in [7, 11) is 0. The predicted molar refractivity (Wildman–Crippen MR) is 105 cm³/mol. The van der Waals surface area contributed by atoms with Gasteiger partial charge < -0.3 is 9.47 Å². The van der Waals surface area contributed by atoms with Crippen molar-refractivity contribution in [3.8, 4) is 16.2 Å². The summed E-state index contributed by atoms with van der Waals surface area (Å²) in [5.41, 5.74) is 1.00. The van der Waals surface area contributed by atoms with Gasteiger partial charge in [0.1, 0.15) is 5.75 Å². The lowest BCUT2D eigenvalue weighted by molar-refractivity contribution is -0.105. The Morgan fingerprint density at radius 1 is 1.26 bits per heavy atom. The maximum atomic E-state index is 6.19. The van der Waals surface area contributed by atoms with Crippen LogP contribution in [0.4, 0.5) is 0 Å². The molecule has 23 heavy (non-hydrogen) atoms. The average molecular weight is 479 g/mol. The molecule has 1 unspecified atom stereocenters. The van der Waals surface area contributed by atoms with Crippen molar-refractivity contribution in [2.45, 2.75) is 25.6 Å². The molecule has 1 aliphatic heterocycles. The molecule has 1 atom stereocenters. The van der Waals surface area contributed by atoms with E-state index in [1.54, 1.807) is 11.3 Å². The zero-order valence-electron chi connectivity index (χ0n) is 12.2. The second kappa shape index (κ2) is 8.17. The van der Waals surface area contributed by atoms with Crippen LogP contribution in [0.1, 0.15) is 24.1 Å². The van der Waals surface area contributed by atoms with Crippen molar-refractivity contribution in [1.82, 2.24) is 0 Å². The molecule has 1 aromatic carbocycles. The SMILES string of the molecule is Clc1ccc(OC2CCCCO2)c(-c2ccc(C=C(Br)Br)s2)c1. The van der Waals surface area contributed by atoms with Crippen LogP contribution in [0, 0.1) is 0 Å². The lowest BCUT2D eigenvalue weighted by Gasteiger charge is -2.24. The molecule has 2 heterocycles. The Balaban J connectivity index is 1.89. The van der Waals surface area contributed by atoms with E-state index in [4.69, 9.17) is 21.1 Å². The van der Waals surface area contributed by atoms with Crippen molar-refractivity contribution in [3.63, 3.8) is 0 Å². The third kappa shape index (κ3) is 4.83. The summed E-state index contributed by atoms with van der Waals surface area (Å²) >= 11 is 14.7. The number of rotatable bonds is 4. The Hall–Kier alpha value is -0.330. The van der Waals surface area contributed by atoms with Crippen molar-refractivity contribution in [1.29, 1.82) is 0 Å². The van der Waals surface area contributed by atoms with Crippen LogP contribution in [0.3, 0.4) is 0 Å². The summed E-state index contributed by atoms with van der Waals surface area (Å²) in [6.07, 6.45) is 5.02. The molecular formula is C17H15Br2ClO2S. The molecule has 0 saturated carbocycles. The topological polar surface area (TPSA) is 18.5 Å². The van der Waals surface area contributed by atoms with Gasteiger partial charge in [-0.2, -0.15) is 0 Å². The Morgan fingerprint density at radius 3 is 2.87 bits per heavy atom. The smallest absolute Gasteiger partial charge is 0.199 e. The molecule has 0 bridgehead atoms. The highest BCUT2D eigenvalue weighted by Crippen LogP contribution is 2.38. The maximum absolute atomic E-state index is 6.19. The maximum Gasteiger partial charge on any atom is 0.199 e. The molecule has 0 aliphatic carbocycles. The number of benzene rings is 1. The molecule has 2 aromatic rings. The first-order chi connectivity index (χ1) is 11.1. The minimum Gasteiger partial charge on any atom is -0.464 e. The standard InChI is InChI=1S/C17H15Br2ClO2S/c18-16(19)10-12-5-7-15(23-12)13-9-11(20)4-6-14(13)22-17-3-1-2-8-21-17/h4-7,9-10,17H,1-3,8H2. The summed E-state index contributed by atoms with van der Waals surface area (Å²) in [4.78, 5) is 2.26. The fraction of sp³-hybridized carbons (Fsp3) is 0.294. The zero-order chi connectivity index (χ0) is 16.2. The minimum absolute atomic E-state index is 0.167. The third-order valence-corrected chi connectivity index (χ3v) is 5.24. The molecule has 0 radical (unpaired) electrons. The van der Waals surface area contributed by atoms with Crippen LogP contribution >= 0.6 is 54.8 Å². The fourth-order valence-corrected chi connectivity index (χ4v) is 4.37. The van der Waals surface area contributed by atoms with Gasteiger partial charge in [-0.3, -0.25) is 0 Å². The molecule has 0 spiro atoms. The van der Waals surface area contributed by atoms with Crippen LogP contribution in [0.25, 0.3) is 16.5 Å². The van der Waals surface area contributed by atoms with Gasteiger partial charge in [0.2, 0.25) is 0 Å². The van der Waals surface area contributed by atoms with E-state index in [9.17, 15) is 0 Å². The molecule has 122 valence electrons. The van der Waals surface area contributed by atoms with E-state index in [0.29, 0.717) is 5.02 Å². The summed E-state index contributed by atoms with van der Waals surface area (Å²) < 4.78 is 12.7. The number of halogens is 3. The van der Waals surface area contributed by atoms with Gasteiger partial charge in [-0.1, -0.05) is 11.6 Å². The highest BCUT2D eigenvalue weighted by molar-refractivity contribution is 9.28. The van der Waals surface area contributed by atoms with E-state index < -0.39 is 0 Å². The number of thiophene rings is 1. The molecule has 1 aromatic heterocycles. The highest BCUT2D eigenvalue weighted by atomic mass is 79.9. The third-order valence-electron chi connectivity index (χ3n) is 3.48. The minimum atomic E-state index is -0.167. The molecule has 0 amide bonds. The van der Waals surface area contributed by atoms with E-state index in [-0.39, 0.29) is 6.29 Å². The summed E-state index contributed by atoms with van der Waals surface area (Å²) in [5.74, 6) is 0.816. The van der Waals surface area contributed by atoms with E-state index in [2.05, 4.69) is 44.0 Å². The first kappa shape index (κ1) is 17.5. The molecular weight excluding hydrogens is 464 g/mol.